The molecular formula is C42H24O. The summed E-state index contributed by atoms with van der Waals surface area (Å²) < 4.78 is 7.26. The number of fused-ring (bicyclic) bond motifs is 21. The highest BCUT2D eigenvalue weighted by Crippen LogP contribution is 2.71. The molecule has 198 valence electrons. The van der Waals surface area contributed by atoms with Crippen molar-refractivity contribution in [2.45, 2.75) is 10.8 Å². The molecule has 1 aromatic heterocycles. The number of hydrogen-bond donors (Lipinski definition) is 0. The van der Waals surface area contributed by atoms with Gasteiger partial charge in [0.25, 0.3) is 0 Å². The Morgan fingerprint density at radius 1 is 0.279 bits per heavy atom. The molecule has 7 aromatic rings. The third kappa shape index (κ3) is 2.22. The molecule has 0 aliphatic heterocycles. The van der Waals surface area contributed by atoms with Gasteiger partial charge in [0.05, 0.1) is 10.8 Å². The van der Waals surface area contributed by atoms with E-state index in [-0.39, 0.29) is 0 Å². The van der Waals surface area contributed by atoms with Crippen LogP contribution in [0.1, 0.15) is 44.5 Å². The fraction of sp³-hybridized carbons (Fsp3) is 0.0476. The molecule has 4 aliphatic carbocycles. The largest absolute Gasteiger partial charge is 0.455 e. The van der Waals surface area contributed by atoms with Gasteiger partial charge < -0.3 is 4.42 Å². The van der Waals surface area contributed by atoms with E-state index in [2.05, 4.69) is 146 Å². The minimum absolute atomic E-state index is 0.474. The summed E-state index contributed by atoms with van der Waals surface area (Å²) in [5.41, 5.74) is 17.3. The van der Waals surface area contributed by atoms with E-state index in [4.69, 9.17) is 4.42 Å². The summed E-state index contributed by atoms with van der Waals surface area (Å²) in [5, 5.41) is 0. The van der Waals surface area contributed by atoms with Gasteiger partial charge in [-0.3, -0.25) is 0 Å². The van der Waals surface area contributed by atoms with E-state index in [1.807, 2.05) is 0 Å². The van der Waals surface area contributed by atoms with Crippen LogP contribution in [0.4, 0.5) is 0 Å². The second-order valence-corrected chi connectivity index (χ2v) is 12.3. The second kappa shape index (κ2) is 7.32. The van der Waals surface area contributed by atoms with Crippen LogP contribution < -0.4 is 0 Å². The van der Waals surface area contributed by atoms with Gasteiger partial charge in [-0.15, -0.1) is 0 Å². The van der Waals surface area contributed by atoms with Crippen molar-refractivity contribution in [3.63, 3.8) is 0 Å². The predicted octanol–water partition coefficient (Wildman–Crippen LogP) is 9.97. The summed E-state index contributed by atoms with van der Waals surface area (Å²) in [4.78, 5) is 0. The molecule has 0 saturated heterocycles. The fourth-order valence-electron chi connectivity index (χ4n) is 9.40. The Morgan fingerprint density at radius 2 is 0.512 bits per heavy atom. The monoisotopic (exact) mass is 544 g/mol. The van der Waals surface area contributed by atoms with Crippen LogP contribution >= 0.6 is 0 Å². The first kappa shape index (κ1) is 22.2. The first-order chi connectivity index (χ1) is 21.4. The summed E-state index contributed by atoms with van der Waals surface area (Å²) >= 11 is 0. The van der Waals surface area contributed by atoms with Crippen LogP contribution in [-0.4, -0.2) is 0 Å². The Hall–Kier alpha value is -5.40. The van der Waals surface area contributed by atoms with E-state index in [1.54, 1.807) is 0 Å². The Balaban J connectivity index is 1.40. The molecule has 4 aliphatic rings. The molecule has 0 amide bonds. The zero-order valence-corrected chi connectivity index (χ0v) is 23.3. The maximum atomic E-state index is 7.26. The summed E-state index contributed by atoms with van der Waals surface area (Å²) in [5.74, 6) is 2.03. The van der Waals surface area contributed by atoms with Gasteiger partial charge in [0.1, 0.15) is 11.5 Å². The predicted molar refractivity (Wildman–Crippen MR) is 171 cm³/mol. The zero-order chi connectivity index (χ0) is 27.9. The second-order valence-electron chi connectivity index (χ2n) is 12.3. The molecule has 43 heavy (non-hydrogen) atoms. The van der Waals surface area contributed by atoms with Crippen LogP contribution in [0.25, 0.3) is 44.9 Å². The maximum Gasteiger partial charge on any atom is 0.140 e. The lowest BCUT2D eigenvalue weighted by atomic mass is 9.63. The van der Waals surface area contributed by atoms with Crippen molar-refractivity contribution in [2.75, 3.05) is 0 Å². The van der Waals surface area contributed by atoms with Crippen molar-refractivity contribution in [1.82, 2.24) is 0 Å². The van der Waals surface area contributed by atoms with Crippen molar-refractivity contribution in [1.29, 1.82) is 0 Å². The smallest absolute Gasteiger partial charge is 0.140 e. The third-order valence-electron chi connectivity index (χ3n) is 10.7. The lowest BCUT2D eigenvalue weighted by molar-refractivity contribution is 0.595. The van der Waals surface area contributed by atoms with Crippen LogP contribution in [0, 0.1) is 0 Å². The summed E-state index contributed by atoms with van der Waals surface area (Å²) in [7, 11) is 0. The van der Waals surface area contributed by atoms with Crippen LogP contribution in [0.15, 0.2) is 150 Å². The van der Waals surface area contributed by atoms with Crippen molar-refractivity contribution in [3.8, 4) is 44.9 Å². The highest BCUT2D eigenvalue weighted by molar-refractivity contribution is 6.01. The number of benzene rings is 6. The lowest BCUT2D eigenvalue weighted by Crippen LogP contribution is -2.32. The van der Waals surface area contributed by atoms with Crippen molar-refractivity contribution in [2.24, 2.45) is 0 Å². The highest BCUT2D eigenvalue weighted by atomic mass is 16.3. The van der Waals surface area contributed by atoms with E-state index in [0.29, 0.717) is 0 Å². The van der Waals surface area contributed by atoms with Crippen LogP contribution in [-0.2, 0) is 10.8 Å². The van der Waals surface area contributed by atoms with E-state index in [0.717, 1.165) is 11.5 Å². The molecule has 0 unspecified atom stereocenters. The van der Waals surface area contributed by atoms with Crippen molar-refractivity contribution >= 4 is 0 Å². The van der Waals surface area contributed by atoms with Crippen LogP contribution in [0.5, 0.6) is 0 Å². The van der Waals surface area contributed by atoms with E-state index in [9.17, 15) is 0 Å². The van der Waals surface area contributed by atoms with Gasteiger partial charge in [0.15, 0.2) is 0 Å². The Labute approximate surface area is 249 Å². The third-order valence-corrected chi connectivity index (χ3v) is 10.7. The van der Waals surface area contributed by atoms with E-state index in [1.165, 1.54) is 77.9 Å². The maximum absolute atomic E-state index is 7.26. The minimum atomic E-state index is -0.474. The van der Waals surface area contributed by atoms with Gasteiger partial charge in [0, 0.05) is 22.3 Å². The van der Waals surface area contributed by atoms with Gasteiger partial charge in [-0.25, -0.2) is 0 Å². The minimum Gasteiger partial charge on any atom is -0.455 e. The molecule has 2 spiro atoms. The standard InChI is InChI=1S/C42H24O/c1-7-19-31-25(13-1)26-14-2-8-20-32(26)41(31)35-23-11-5-17-29(35)39-37(41)38-40(43-39)30-18-6-12-24-36(30)42(38)33-21-9-3-15-27(33)28-16-4-10-22-34(28)42/h1-24H. The number of rotatable bonds is 0. The molecule has 0 radical (unpaired) electrons. The van der Waals surface area contributed by atoms with Crippen molar-refractivity contribution in [3.05, 3.63) is 190 Å². The quantitative estimate of drug-likeness (QED) is 0.185. The fourth-order valence-corrected chi connectivity index (χ4v) is 9.40. The molecule has 0 atom stereocenters. The topological polar surface area (TPSA) is 13.1 Å². The zero-order valence-electron chi connectivity index (χ0n) is 23.3. The van der Waals surface area contributed by atoms with Crippen molar-refractivity contribution < 1.29 is 4.42 Å². The first-order valence-electron chi connectivity index (χ1n) is 15.1. The molecule has 0 N–H and O–H groups in total. The molecule has 6 aromatic carbocycles. The Morgan fingerprint density at radius 3 is 0.814 bits per heavy atom. The number of hydrogen-bond acceptors (Lipinski definition) is 1. The van der Waals surface area contributed by atoms with E-state index < -0.39 is 10.8 Å². The van der Waals surface area contributed by atoms with Crippen LogP contribution in [0.3, 0.4) is 0 Å². The molecule has 1 nitrogen and oxygen atoms in total. The highest BCUT2D eigenvalue weighted by Gasteiger charge is 2.62. The molecule has 0 bridgehead atoms. The number of furan rings is 1. The van der Waals surface area contributed by atoms with Gasteiger partial charge in [0.2, 0.25) is 0 Å². The molecule has 0 saturated carbocycles. The Kier molecular flexibility index (Phi) is 3.78. The van der Waals surface area contributed by atoms with Crippen LogP contribution in [0.2, 0.25) is 0 Å². The summed E-state index contributed by atoms with van der Waals surface area (Å²) in [6.07, 6.45) is 0. The lowest BCUT2D eigenvalue weighted by Gasteiger charge is -2.35. The molecule has 1 heterocycles. The molecule has 1 heteroatoms. The van der Waals surface area contributed by atoms with Gasteiger partial charge >= 0.3 is 0 Å². The average molecular weight is 545 g/mol. The van der Waals surface area contributed by atoms with E-state index >= 15 is 0 Å². The van der Waals surface area contributed by atoms with Gasteiger partial charge in [-0.05, 0) is 55.6 Å². The summed E-state index contributed by atoms with van der Waals surface area (Å²) in [6, 6.07) is 54.1. The Bertz CT molecular complexity index is 2110. The van der Waals surface area contributed by atoms with Gasteiger partial charge in [-0.1, -0.05) is 146 Å². The molecular weight excluding hydrogens is 520 g/mol. The molecule has 0 fully saturated rings. The SMILES string of the molecule is c1ccc2c(c1)-c1ccccc1C21c2ccccc2-c2oc3c(c21)C1(c2ccccc2-c2ccccc21)c1ccccc1-3. The summed E-state index contributed by atoms with van der Waals surface area (Å²) in [6.45, 7) is 0. The normalized spacial score (nSPS) is 15.8. The molecule has 11 rings (SSSR count). The van der Waals surface area contributed by atoms with Gasteiger partial charge in [-0.2, -0.15) is 0 Å². The first-order valence-corrected chi connectivity index (χ1v) is 15.1. The average Bonchev–Trinajstić information content (AvgIpc) is 3.83.